The molecule has 2 saturated heterocycles. The summed E-state index contributed by atoms with van der Waals surface area (Å²) in [6, 6.07) is 12.0. The lowest BCUT2D eigenvalue weighted by atomic mass is 9.85. The maximum Gasteiger partial charge on any atom is 0.417 e. The SMILES string of the molecule is COC[C@H](C)Nc1ncc2c(-c3cnn(C(OC4CCC(c5cc(-c6ccnc(N7C(=O)OCC7OC7CCC(c8cc(-c9cnn(CCC#N)c9)c9cnc(N[C@@H](C)COC(F)F)nn89)CC7)c6)c6cnc(N[C@@H](C)COC)nn56)CC4)C4CCO4)c3)cc(C3CCC(O)CC3)n2n1. The van der Waals surface area contributed by atoms with Gasteiger partial charge in [0.2, 0.25) is 17.8 Å². The van der Waals surface area contributed by atoms with Crippen molar-refractivity contribution in [3.8, 4) is 39.4 Å². The minimum absolute atomic E-state index is 0.00651. The third-order valence-electron chi connectivity index (χ3n) is 19.8. The molecule has 11 heterocycles. The summed E-state index contributed by atoms with van der Waals surface area (Å²) < 4.78 is 76.5. The zero-order valence-corrected chi connectivity index (χ0v) is 56.3. The summed E-state index contributed by atoms with van der Waals surface area (Å²) >= 11 is 0. The van der Waals surface area contributed by atoms with Crippen LogP contribution in [0.4, 0.5) is 37.2 Å². The summed E-state index contributed by atoms with van der Waals surface area (Å²) in [6.07, 6.45) is 22.7. The summed E-state index contributed by atoms with van der Waals surface area (Å²) in [5.41, 5.74) is 10.8. The van der Waals surface area contributed by atoms with Gasteiger partial charge < -0.3 is 54.2 Å². The second-order valence-electron chi connectivity index (χ2n) is 27.0. The summed E-state index contributed by atoms with van der Waals surface area (Å²) in [5.74, 6) is 2.01. The van der Waals surface area contributed by atoms with Crippen molar-refractivity contribution in [2.24, 2.45) is 0 Å². The third-order valence-corrected chi connectivity index (χ3v) is 19.8. The molecule has 3 aliphatic carbocycles. The Morgan fingerprint density at radius 3 is 1.69 bits per heavy atom. The lowest BCUT2D eigenvalue weighted by molar-refractivity contribution is -0.193. The Hall–Kier alpha value is -8.83. The van der Waals surface area contributed by atoms with Gasteiger partial charge in [-0.05, 0) is 134 Å². The van der Waals surface area contributed by atoms with Crippen molar-refractivity contribution in [3.05, 3.63) is 97.0 Å². The zero-order valence-electron chi connectivity index (χ0n) is 56.3. The molecule has 3 saturated carbocycles. The number of aliphatic hydroxyl groups excluding tert-OH is 1. The average molecular weight is 1360 g/mol. The molecule has 14 rings (SSSR count). The monoisotopic (exact) mass is 1360 g/mol. The number of alkyl halides is 2. The normalized spacial score (nSPS) is 23.3. The molecule has 28 nitrogen and oxygen atoms in total. The lowest BCUT2D eigenvalue weighted by Gasteiger charge is -2.37. The number of rotatable bonds is 28. The van der Waals surface area contributed by atoms with Gasteiger partial charge in [-0.1, -0.05) is 0 Å². The number of nitrogens with one attached hydrogen (secondary N) is 3. The van der Waals surface area contributed by atoms with E-state index in [1.54, 1.807) is 44.4 Å². The van der Waals surface area contributed by atoms with Crippen LogP contribution in [0.5, 0.6) is 0 Å². The first-order valence-electron chi connectivity index (χ1n) is 34.5. The van der Waals surface area contributed by atoms with E-state index in [1.165, 1.54) is 4.90 Å². The maximum absolute atomic E-state index is 13.8. The second kappa shape index (κ2) is 29.9. The van der Waals surface area contributed by atoms with E-state index in [2.05, 4.69) is 61.2 Å². The number of anilines is 4. The highest BCUT2D eigenvalue weighted by atomic mass is 19.3. The molecule has 5 fully saturated rings. The van der Waals surface area contributed by atoms with Crippen molar-refractivity contribution in [2.75, 3.05) is 68.1 Å². The molecule has 99 heavy (non-hydrogen) atoms. The molecular formula is C69H85F2N19O9. The van der Waals surface area contributed by atoms with Crippen LogP contribution in [-0.4, -0.2) is 182 Å². The van der Waals surface area contributed by atoms with E-state index in [9.17, 15) is 23.9 Å². The van der Waals surface area contributed by atoms with Crippen molar-refractivity contribution in [1.29, 1.82) is 5.26 Å². The molecular weight excluding hydrogens is 1280 g/mol. The van der Waals surface area contributed by atoms with Gasteiger partial charge in [-0.25, -0.2) is 47.9 Å². The zero-order chi connectivity index (χ0) is 68.3. The molecule has 0 aromatic carbocycles. The van der Waals surface area contributed by atoms with Crippen molar-refractivity contribution in [1.82, 2.24) is 68.3 Å². The number of ether oxygens (including phenoxy) is 7. The van der Waals surface area contributed by atoms with Crippen molar-refractivity contribution in [2.45, 2.75) is 197 Å². The number of hydrogen-bond acceptors (Lipinski definition) is 22. The molecule has 0 radical (unpaired) electrons. The van der Waals surface area contributed by atoms with Gasteiger partial charge in [-0.15, -0.1) is 15.3 Å². The Morgan fingerprint density at radius 1 is 0.646 bits per heavy atom. The number of nitrogens with zero attached hydrogens (tertiary/aromatic N) is 16. The smallest absolute Gasteiger partial charge is 0.417 e. The summed E-state index contributed by atoms with van der Waals surface area (Å²) in [6.45, 7) is 4.72. The fourth-order valence-corrected chi connectivity index (χ4v) is 14.8. The average Bonchev–Trinajstić information content (AvgIpc) is 1.63. The molecule has 524 valence electrons. The topological polar surface area (TPSA) is 304 Å². The number of fused-ring (bicyclic) bond motifs is 3. The van der Waals surface area contributed by atoms with Crippen molar-refractivity contribution >= 4 is 46.3 Å². The molecule has 6 atom stereocenters. The van der Waals surface area contributed by atoms with Crippen LogP contribution in [0.1, 0.15) is 152 Å². The van der Waals surface area contributed by atoms with E-state index < -0.39 is 31.2 Å². The number of pyridine rings is 1. The molecule has 9 aromatic rings. The lowest BCUT2D eigenvalue weighted by Crippen LogP contribution is -2.40. The maximum atomic E-state index is 13.8. The number of aromatic nitrogens is 14. The Bertz CT molecular complexity index is 4290. The summed E-state index contributed by atoms with van der Waals surface area (Å²) in [4.78, 5) is 34.2. The highest BCUT2D eigenvalue weighted by Crippen LogP contribution is 2.44. The number of aryl methyl sites for hydroxylation is 1. The van der Waals surface area contributed by atoms with Crippen molar-refractivity contribution < 1.29 is 51.8 Å². The number of carbonyl (C=O) groups excluding carboxylic acids is 1. The molecule has 3 unspecified atom stereocenters. The number of methoxy groups -OCH3 is 2. The van der Waals surface area contributed by atoms with E-state index in [-0.39, 0.29) is 73.4 Å². The van der Waals surface area contributed by atoms with E-state index in [0.717, 1.165) is 138 Å². The summed E-state index contributed by atoms with van der Waals surface area (Å²) in [7, 11) is 3.34. The molecule has 5 aliphatic rings. The third kappa shape index (κ3) is 14.8. The molecule has 9 aromatic heterocycles. The van der Waals surface area contributed by atoms with Crippen LogP contribution in [0.15, 0.2) is 79.9 Å². The van der Waals surface area contributed by atoms with E-state index in [4.69, 9.17) is 63.8 Å². The van der Waals surface area contributed by atoms with Gasteiger partial charge in [0.1, 0.15) is 18.5 Å². The van der Waals surface area contributed by atoms with Gasteiger partial charge in [0, 0.05) is 127 Å². The van der Waals surface area contributed by atoms with E-state index in [1.807, 2.05) is 69.0 Å². The highest BCUT2D eigenvalue weighted by molar-refractivity contribution is 5.91. The minimum Gasteiger partial charge on any atom is -0.444 e. The van der Waals surface area contributed by atoms with E-state index in [0.29, 0.717) is 63.3 Å². The molecule has 0 spiro atoms. The van der Waals surface area contributed by atoms with Crippen LogP contribution in [0, 0.1) is 11.3 Å². The number of aliphatic hydroxyl groups is 1. The first-order chi connectivity index (χ1) is 48.2. The van der Waals surface area contributed by atoms with Crippen LogP contribution < -0.4 is 20.9 Å². The fraction of sp³-hybridized carbons (Fsp3) is 0.551. The van der Waals surface area contributed by atoms with Gasteiger partial charge in [0.15, 0.2) is 12.5 Å². The number of cyclic esters (lactones) is 1. The fourth-order valence-electron chi connectivity index (χ4n) is 14.8. The molecule has 1 amide bonds. The van der Waals surface area contributed by atoms with Crippen LogP contribution in [0.25, 0.3) is 49.9 Å². The predicted octanol–water partition coefficient (Wildman–Crippen LogP) is 10.5. The van der Waals surface area contributed by atoms with Gasteiger partial charge >= 0.3 is 12.7 Å². The van der Waals surface area contributed by atoms with Gasteiger partial charge in [0.05, 0.1) is 105 Å². The number of hydrogen-bond donors (Lipinski definition) is 4. The van der Waals surface area contributed by atoms with Gasteiger partial charge in [0.25, 0.3) is 0 Å². The van der Waals surface area contributed by atoms with Crippen LogP contribution in [0.3, 0.4) is 0 Å². The molecule has 4 N–H and O–H groups in total. The highest BCUT2D eigenvalue weighted by Gasteiger charge is 2.41. The van der Waals surface area contributed by atoms with Crippen LogP contribution >= 0.6 is 0 Å². The first kappa shape index (κ1) is 67.4. The Balaban J connectivity index is 0.673. The Morgan fingerprint density at radius 2 is 1.16 bits per heavy atom. The number of carbonyl (C=O) groups is 1. The second-order valence-corrected chi connectivity index (χ2v) is 27.0. The van der Waals surface area contributed by atoms with Gasteiger partial charge in [-0.3, -0.25) is 4.68 Å². The molecule has 2 aliphatic heterocycles. The molecule has 0 bridgehead atoms. The first-order valence-corrected chi connectivity index (χ1v) is 34.5. The largest absolute Gasteiger partial charge is 0.444 e. The predicted molar refractivity (Wildman–Crippen MR) is 360 cm³/mol. The van der Waals surface area contributed by atoms with Crippen LogP contribution in [-0.2, 0) is 39.7 Å². The van der Waals surface area contributed by atoms with Crippen LogP contribution in [0.2, 0.25) is 0 Å². The Kier molecular flexibility index (Phi) is 20.4. The standard InChI is InChI=1S/C69H85F2N19O9/c1-40(36-93-4)79-66-74-31-58-52(26-55(88(58)82-66)45-11-17-51(18-12-45)99-64(61-20-24-95-61)86-35-48(30-78-86)54-28-56(43-7-13-49(91)14-8-43)89-60(54)33-75-67(83-89)80-41(2)37-94-5)46-19-22-73-62(25-46)87-63(39-97-69(87)92)98-50-15-9-44(10-16-50)57-27-53(47-29-77-85(34-47)23-6-21-72)59-32-76-68(84-90(57)59)81-42(3)38-96-65(70)71/h19,22,25-35,40-45,49-51,61,63-65,91H,6-18,20,23-24,36-39H2,1-5H3,(H,79,82)(H,80,83)(H,81,84)/t40-,41-,42-,43?,44?,45?,49?,50?,51?,61?,63?,64?/m0/s1. The van der Waals surface area contributed by atoms with Crippen molar-refractivity contribution in [3.63, 3.8) is 0 Å². The van der Waals surface area contributed by atoms with E-state index >= 15 is 0 Å². The number of amides is 1. The Labute approximate surface area is 570 Å². The number of halogens is 2. The number of nitriles is 1. The quantitative estimate of drug-likeness (QED) is 0.0354. The molecule has 30 heteroatoms. The minimum atomic E-state index is -2.90. The summed E-state index contributed by atoms with van der Waals surface area (Å²) in [5, 5.41) is 54.0. The van der Waals surface area contributed by atoms with Gasteiger partial charge in [-0.2, -0.15) is 24.2 Å².